The quantitative estimate of drug-likeness (QED) is 0.684. The average molecular weight is 371 g/mol. The number of H-pyrrole nitrogens is 2. The zero-order valence-corrected chi connectivity index (χ0v) is 14.6. The molecule has 1 fully saturated rings. The number of hydrogen-bond acceptors (Lipinski definition) is 4. The lowest BCUT2D eigenvalue weighted by atomic mass is 10.0. The van der Waals surface area contributed by atoms with E-state index in [1.165, 1.54) is 16.4 Å². The number of carbonyl (C=O) groups excluding carboxylic acids is 1. The highest BCUT2D eigenvalue weighted by molar-refractivity contribution is 7.89. The second-order valence-corrected chi connectivity index (χ2v) is 8.18. The Morgan fingerprint density at radius 3 is 2.54 bits per heavy atom. The van der Waals surface area contributed by atoms with Crippen molar-refractivity contribution in [3.05, 3.63) is 64.6 Å². The second kappa shape index (κ2) is 6.22. The van der Waals surface area contributed by atoms with E-state index >= 15 is 0 Å². The van der Waals surface area contributed by atoms with E-state index in [9.17, 15) is 18.0 Å². The van der Waals surface area contributed by atoms with Crippen LogP contribution in [0.3, 0.4) is 0 Å². The average Bonchev–Trinajstić information content (AvgIpc) is 3.27. The molecule has 1 aliphatic heterocycles. The molecule has 4 rings (SSSR count). The summed E-state index contributed by atoms with van der Waals surface area (Å²) in [5, 5.41) is 0. The van der Waals surface area contributed by atoms with E-state index in [4.69, 9.17) is 0 Å². The molecule has 0 spiro atoms. The van der Waals surface area contributed by atoms with E-state index in [2.05, 4.69) is 9.97 Å². The van der Waals surface area contributed by atoms with Crippen molar-refractivity contribution in [3.63, 3.8) is 0 Å². The highest BCUT2D eigenvalue weighted by Gasteiger charge is 2.39. The van der Waals surface area contributed by atoms with E-state index in [0.29, 0.717) is 36.0 Å². The molecule has 0 bridgehead atoms. The predicted octanol–water partition coefficient (Wildman–Crippen LogP) is 1.89. The molecule has 8 heteroatoms. The van der Waals surface area contributed by atoms with Gasteiger partial charge in [-0.2, -0.15) is 4.31 Å². The normalized spacial score (nSPS) is 18.4. The Bertz CT molecular complexity index is 1130. The summed E-state index contributed by atoms with van der Waals surface area (Å²) in [5.41, 5.74) is 1.06. The van der Waals surface area contributed by atoms with Crippen molar-refractivity contribution in [1.29, 1.82) is 0 Å². The van der Waals surface area contributed by atoms with Crippen LogP contribution in [0, 0.1) is 0 Å². The minimum Gasteiger partial charge on any atom is -0.306 e. The zero-order chi connectivity index (χ0) is 18.3. The SMILES string of the molecule is O=C(c1ccccc1)C1CCCN1S(=O)(=O)c1ccc2[nH]c(=O)[nH]c2c1. The summed E-state index contributed by atoms with van der Waals surface area (Å²) in [6, 6.07) is 12.4. The lowest BCUT2D eigenvalue weighted by molar-refractivity contribution is 0.0918. The largest absolute Gasteiger partial charge is 0.323 e. The van der Waals surface area contributed by atoms with Gasteiger partial charge in [-0.25, -0.2) is 13.2 Å². The minimum atomic E-state index is -3.85. The maximum Gasteiger partial charge on any atom is 0.323 e. The van der Waals surface area contributed by atoms with Crippen LogP contribution in [0.1, 0.15) is 23.2 Å². The van der Waals surface area contributed by atoms with Gasteiger partial charge in [0.1, 0.15) is 0 Å². The monoisotopic (exact) mass is 371 g/mol. The van der Waals surface area contributed by atoms with Crippen LogP contribution < -0.4 is 5.69 Å². The van der Waals surface area contributed by atoms with Crippen molar-refractivity contribution >= 4 is 26.8 Å². The Balaban J connectivity index is 1.71. The molecule has 0 saturated carbocycles. The molecule has 26 heavy (non-hydrogen) atoms. The molecule has 7 nitrogen and oxygen atoms in total. The molecule has 0 amide bonds. The number of hydrogen-bond donors (Lipinski definition) is 2. The third-order valence-corrected chi connectivity index (χ3v) is 6.56. The van der Waals surface area contributed by atoms with Crippen molar-refractivity contribution in [1.82, 2.24) is 14.3 Å². The number of sulfonamides is 1. The smallest absolute Gasteiger partial charge is 0.306 e. The summed E-state index contributed by atoms with van der Waals surface area (Å²) in [6.45, 7) is 0.299. The number of rotatable bonds is 4. The summed E-state index contributed by atoms with van der Waals surface area (Å²) in [6.07, 6.45) is 1.13. The van der Waals surface area contributed by atoms with E-state index in [1.54, 1.807) is 30.3 Å². The molecule has 2 N–H and O–H groups in total. The van der Waals surface area contributed by atoms with Gasteiger partial charge in [0.2, 0.25) is 10.0 Å². The maximum absolute atomic E-state index is 13.1. The number of carbonyl (C=O) groups is 1. The van der Waals surface area contributed by atoms with Gasteiger partial charge in [0.15, 0.2) is 5.78 Å². The number of fused-ring (bicyclic) bond motifs is 1. The van der Waals surface area contributed by atoms with E-state index in [0.717, 1.165) is 0 Å². The van der Waals surface area contributed by atoms with Crippen LogP contribution in [-0.2, 0) is 10.0 Å². The van der Waals surface area contributed by atoms with Crippen LogP contribution in [-0.4, -0.2) is 41.1 Å². The van der Waals surface area contributed by atoms with E-state index in [1.807, 2.05) is 6.07 Å². The first-order valence-corrected chi connectivity index (χ1v) is 9.74. The predicted molar refractivity (Wildman–Crippen MR) is 96.6 cm³/mol. The summed E-state index contributed by atoms with van der Waals surface area (Å²) < 4.78 is 27.5. The molecular formula is C18H17N3O4S. The number of imidazole rings is 1. The topological polar surface area (TPSA) is 103 Å². The summed E-state index contributed by atoms with van der Waals surface area (Å²) in [5.74, 6) is -0.192. The first kappa shape index (κ1) is 16.7. The van der Waals surface area contributed by atoms with Gasteiger partial charge < -0.3 is 9.97 Å². The fraction of sp³-hybridized carbons (Fsp3) is 0.222. The molecule has 1 aromatic heterocycles. The molecule has 1 saturated heterocycles. The minimum absolute atomic E-state index is 0.0630. The van der Waals surface area contributed by atoms with Gasteiger partial charge >= 0.3 is 5.69 Å². The van der Waals surface area contributed by atoms with Gasteiger partial charge in [0.05, 0.1) is 22.0 Å². The third kappa shape index (κ3) is 2.77. The molecular weight excluding hydrogens is 354 g/mol. The molecule has 3 aromatic rings. The Labute approximate surface area is 149 Å². The first-order chi connectivity index (χ1) is 12.5. The van der Waals surface area contributed by atoms with Crippen molar-refractivity contribution in [2.75, 3.05) is 6.54 Å². The molecule has 134 valence electrons. The molecule has 2 aromatic carbocycles. The first-order valence-electron chi connectivity index (χ1n) is 8.30. The lowest BCUT2D eigenvalue weighted by Gasteiger charge is -2.23. The fourth-order valence-electron chi connectivity index (χ4n) is 3.39. The summed E-state index contributed by atoms with van der Waals surface area (Å²) >= 11 is 0. The molecule has 2 heterocycles. The van der Waals surface area contributed by atoms with E-state index in [-0.39, 0.29) is 10.7 Å². The van der Waals surface area contributed by atoms with Gasteiger partial charge in [0, 0.05) is 12.1 Å². The van der Waals surface area contributed by atoms with Crippen LogP contribution in [0.2, 0.25) is 0 Å². The highest BCUT2D eigenvalue weighted by Crippen LogP contribution is 2.29. The zero-order valence-electron chi connectivity index (χ0n) is 13.8. The number of aromatic amines is 2. The number of nitrogens with one attached hydrogen (secondary N) is 2. The highest BCUT2D eigenvalue weighted by atomic mass is 32.2. The van der Waals surface area contributed by atoms with Crippen LogP contribution in [0.5, 0.6) is 0 Å². The second-order valence-electron chi connectivity index (χ2n) is 6.29. The standard InChI is InChI=1S/C18H17N3O4S/c22-17(12-5-2-1-3-6-12)16-7-4-10-21(16)26(24,25)13-8-9-14-15(11-13)20-18(23)19-14/h1-3,5-6,8-9,11,16H,4,7,10H2,(H2,19,20,23). The van der Waals surface area contributed by atoms with Gasteiger partial charge in [-0.3, -0.25) is 4.79 Å². The van der Waals surface area contributed by atoms with Crippen LogP contribution in [0.25, 0.3) is 11.0 Å². The van der Waals surface area contributed by atoms with Crippen molar-refractivity contribution < 1.29 is 13.2 Å². The third-order valence-electron chi connectivity index (χ3n) is 4.66. The summed E-state index contributed by atoms with van der Waals surface area (Å²) in [4.78, 5) is 29.4. The van der Waals surface area contributed by atoms with Crippen LogP contribution >= 0.6 is 0 Å². The van der Waals surface area contributed by atoms with Gasteiger partial charge in [0.25, 0.3) is 0 Å². The van der Waals surface area contributed by atoms with Crippen LogP contribution in [0.4, 0.5) is 0 Å². The number of nitrogens with zero attached hydrogens (tertiary/aromatic N) is 1. The summed E-state index contributed by atoms with van der Waals surface area (Å²) in [7, 11) is -3.85. The Morgan fingerprint density at radius 2 is 1.77 bits per heavy atom. The number of benzene rings is 2. The van der Waals surface area contributed by atoms with Crippen molar-refractivity contribution in [2.45, 2.75) is 23.8 Å². The Morgan fingerprint density at radius 1 is 1.04 bits per heavy atom. The molecule has 0 aliphatic carbocycles. The van der Waals surface area contributed by atoms with Crippen LogP contribution in [0.15, 0.2) is 58.2 Å². The fourth-order valence-corrected chi connectivity index (χ4v) is 5.08. The van der Waals surface area contributed by atoms with Gasteiger partial charge in [-0.05, 0) is 31.0 Å². The Kier molecular flexibility index (Phi) is 4.01. The maximum atomic E-state index is 13.1. The molecule has 0 radical (unpaired) electrons. The lowest BCUT2D eigenvalue weighted by Crippen LogP contribution is -2.40. The number of aromatic nitrogens is 2. The Hall–Kier alpha value is -2.71. The van der Waals surface area contributed by atoms with Gasteiger partial charge in [-0.1, -0.05) is 30.3 Å². The molecule has 1 aliphatic rings. The van der Waals surface area contributed by atoms with E-state index < -0.39 is 21.8 Å². The number of Topliss-reactive ketones (excluding diaryl/α,β-unsaturated/α-hetero) is 1. The number of ketones is 1. The van der Waals surface area contributed by atoms with Gasteiger partial charge in [-0.15, -0.1) is 0 Å². The molecule has 1 atom stereocenters. The van der Waals surface area contributed by atoms with Crippen molar-refractivity contribution in [2.24, 2.45) is 0 Å². The molecule has 1 unspecified atom stereocenters. The van der Waals surface area contributed by atoms with Crippen molar-refractivity contribution in [3.8, 4) is 0 Å².